The Balaban J connectivity index is 1.34. The van der Waals surface area contributed by atoms with Gasteiger partial charge in [0.2, 0.25) is 5.90 Å². The van der Waals surface area contributed by atoms with Gasteiger partial charge in [-0.2, -0.15) is 0 Å². The van der Waals surface area contributed by atoms with E-state index in [1.54, 1.807) is 14.2 Å². The van der Waals surface area contributed by atoms with Crippen molar-refractivity contribution in [1.29, 1.82) is 0 Å². The van der Waals surface area contributed by atoms with Crippen molar-refractivity contribution in [1.82, 2.24) is 10.9 Å². The molecule has 1 amide bonds. The molecule has 0 fully saturated rings. The van der Waals surface area contributed by atoms with Crippen molar-refractivity contribution >= 4 is 27.7 Å². The zero-order valence-electron chi connectivity index (χ0n) is 29.2. The molecule has 3 N–H and O–H groups in total. The van der Waals surface area contributed by atoms with Crippen LogP contribution in [-0.2, 0) is 22.4 Å². The third-order valence-electron chi connectivity index (χ3n) is 8.98. The van der Waals surface area contributed by atoms with Gasteiger partial charge in [-0.1, -0.05) is 88.7 Å². The van der Waals surface area contributed by atoms with E-state index in [4.69, 9.17) is 29.0 Å². The van der Waals surface area contributed by atoms with Crippen molar-refractivity contribution < 1.29 is 28.8 Å². The molecular weight excluding hydrogens is 722 g/mol. The molecule has 1 heterocycles. The lowest BCUT2D eigenvalue weighted by Gasteiger charge is -2.31. The van der Waals surface area contributed by atoms with Gasteiger partial charge in [0.25, 0.3) is 5.91 Å². The Morgan fingerprint density at radius 2 is 1.52 bits per heavy atom. The fourth-order valence-electron chi connectivity index (χ4n) is 6.22. The zero-order chi connectivity index (χ0) is 36.3. The minimum atomic E-state index is -1.40. The first-order valence-electron chi connectivity index (χ1n) is 17.2. The number of aliphatic hydroxyl groups is 1. The minimum Gasteiger partial charge on any atom is -0.497 e. The highest BCUT2D eigenvalue weighted by Crippen LogP contribution is 2.43. The first kappa shape index (κ1) is 36.6. The molecule has 5 aromatic rings. The van der Waals surface area contributed by atoms with Crippen LogP contribution in [0.25, 0.3) is 11.1 Å². The second-order valence-corrected chi connectivity index (χ2v) is 13.2. The summed E-state index contributed by atoms with van der Waals surface area (Å²) in [5, 5.41) is 9.14. The molecule has 0 bridgehead atoms. The van der Waals surface area contributed by atoms with E-state index in [-0.39, 0.29) is 18.9 Å². The molecule has 52 heavy (non-hydrogen) atoms. The summed E-state index contributed by atoms with van der Waals surface area (Å²) in [5.41, 5.74) is 10.2. The van der Waals surface area contributed by atoms with Crippen molar-refractivity contribution in [3.05, 3.63) is 148 Å². The van der Waals surface area contributed by atoms with Gasteiger partial charge in [-0.15, -0.1) is 0 Å². The van der Waals surface area contributed by atoms with Crippen LogP contribution in [-0.4, -0.2) is 56.4 Å². The minimum absolute atomic E-state index is 0.0577. The van der Waals surface area contributed by atoms with Crippen molar-refractivity contribution in [3.8, 4) is 28.4 Å². The third-order valence-corrected chi connectivity index (χ3v) is 9.75. The van der Waals surface area contributed by atoms with Gasteiger partial charge < -0.3 is 24.1 Å². The molecule has 1 aliphatic rings. The van der Waals surface area contributed by atoms with Crippen LogP contribution >= 0.6 is 15.9 Å². The van der Waals surface area contributed by atoms with Gasteiger partial charge in [0.05, 0.1) is 20.8 Å². The second-order valence-electron chi connectivity index (χ2n) is 12.4. The van der Waals surface area contributed by atoms with Crippen molar-refractivity contribution in [3.63, 3.8) is 0 Å². The quantitative estimate of drug-likeness (QED) is 0.0717. The van der Waals surface area contributed by atoms with Gasteiger partial charge in [0.15, 0.2) is 11.6 Å². The molecule has 0 saturated carbocycles. The molecule has 0 spiro atoms. The predicted octanol–water partition coefficient (Wildman–Crippen LogP) is 7.26. The van der Waals surface area contributed by atoms with Gasteiger partial charge in [0.1, 0.15) is 17.2 Å². The average Bonchev–Trinajstić information content (AvgIpc) is 3.58. The summed E-state index contributed by atoms with van der Waals surface area (Å²) in [5.74, 6) is 2.14. The summed E-state index contributed by atoms with van der Waals surface area (Å²) in [6.45, 7) is 0.884. The summed E-state index contributed by atoms with van der Waals surface area (Å²) < 4.78 is 24.3. The van der Waals surface area contributed by atoms with E-state index in [0.29, 0.717) is 43.2 Å². The molecule has 1 aliphatic heterocycles. The number of carbonyl (C=O) groups is 1. The molecule has 5 aromatic carbocycles. The van der Waals surface area contributed by atoms with Crippen molar-refractivity contribution in [2.45, 2.75) is 30.9 Å². The zero-order valence-corrected chi connectivity index (χ0v) is 30.8. The van der Waals surface area contributed by atoms with Crippen LogP contribution in [0.5, 0.6) is 17.2 Å². The van der Waals surface area contributed by atoms with E-state index < -0.39 is 11.6 Å². The molecule has 0 aliphatic carbocycles. The number of aliphatic imine (C=N–C) groups is 1. The molecule has 10 heteroatoms. The topological polar surface area (TPSA) is 111 Å². The number of halogens is 1. The van der Waals surface area contributed by atoms with E-state index in [0.717, 1.165) is 43.8 Å². The Morgan fingerprint density at radius 1 is 0.827 bits per heavy atom. The van der Waals surface area contributed by atoms with Gasteiger partial charge in [-0.25, -0.2) is 10.4 Å². The SMILES string of the molecule is COc1ccc(OC)c(CCNNC(=O)[C@@]2(Cc3ccccc3Br)N=C(c3ccc(OCCCO)cc3)O[C@H]2c2ccc(-c3ccccc3)cc2)c1. The van der Waals surface area contributed by atoms with Crippen molar-refractivity contribution in [2.75, 3.05) is 34.0 Å². The molecule has 6 rings (SSSR count). The number of benzene rings is 5. The van der Waals surface area contributed by atoms with Crippen LogP contribution in [0.3, 0.4) is 0 Å². The monoisotopic (exact) mass is 763 g/mol. The average molecular weight is 765 g/mol. The van der Waals surface area contributed by atoms with E-state index in [9.17, 15) is 4.79 Å². The second kappa shape index (κ2) is 17.4. The highest BCUT2D eigenvalue weighted by atomic mass is 79.9. The Kier molecular flexibility index (Phi) is 12.2. The van der Waals surface area contributed by atoms with E-state index in [1.807, 2.05) is 109 Å². The largest absolute Gasteiger partial charge is 0.497 e. The number of methoxy groups -OCH3 is 2. The van der Waals surface area contributed by atoms with Gasteiger partial charge >= 0.3 is 0 Å². The summed E-state index contributed by atoms with van der Waals surface area (Å²) in [6, 6.07) is 39.2. The Labute approximate surface area is 312 Å². The number of aliphatic hydroxyl groups excluding tert-OH is 1. The van der Waals surface area contributed by atoms with Crippen LogP contribution in [0.15, 0.2) is 131 Å². The maximum Gasteiger partial charge on any atom is 0.266 e. The maximum atomic E-state index is 14.7. The smallest absolute Gasteiger partial charge is 0.266 e. The number of amides is 1. The van der Waals surface area contributed by atoms with Crippen LogP contribution < -0.4 is 25.1 Å². The molecule has 9 nitrogen and oxygen atoms in total. The first-order chi connectivity index (χ1) is 25.4. The third kappa shape index (κ3) is 8.48. The Morgan fingerprint density at radius 3 is 2.23 bits per heavy atom. The standard InChI is InChI=1S/C42H42BrN3O6/c1-49-36-21-22-38(50-2)33(27-36)23-24-44-46-41(48)42(28-34-11-6-7-12-37(34)43)39(31-15-13-30(14-16-31)29-9-4-3-5-10-29)52-40(45-42)32-17-19-35(20-18-32)51-26-8-25-47/h3-7,9-22,27,39,44,47H,8,23-26,28H2,1-2H3,(H,46,48)/t39-,42-/m0/s1. The lowest BCUT2D eigenvalue weighted by atomic mass is 9.82. The van der Waals surface area contributed by atoms with Gasteiger partial charge in [-0.05, 0) is 82.8 Å². The highest BCUT2D eigenvalue weighted by Gasteiger charge is 2.53. The van der Waals surface area contributed by atoms with Gasteiger partial charge in [0, 0.05) is 36.0 Å². The fourth-order valence-corrected chi connectivity index (χ4v) is 6.65. The highest BCUT2D eigenvalue weighted by molar-refractivity contribution is 9.10. The van der Waals surface area contributed by atoms with E-state index in [2.05, 4.69) is 38.9 Å². The van der Waals surface area contributed by atoms with E-state index in [1.165, 1.54) is 0 Å². The maximum absolute atomic E-state index is 14.7. The number of hydrogen-bond donors (Lipinski definition) is 3. The number of ether oxygens (including phenoxy) is 4. The van der Waals surface area contributed by atoms with Gasteiger partial charge in [-0.3, -0.25) is 10.2 Å². The van der Waals surface area contributed by atoms with Crippen LogP contribution in [0.2, 0.25) is 0 Å². The Hall–Kier alpha value is -5.16. The Bertz CT molecular complexity index is 1970. The summed E-state index contributed by atoms with van der Waals surface area (Å²) in [6.07, 6.45) is 0.596. The fraction of sp³-hybridized carbons (Fsp3) is 0.238. The van der Waals surface area contributed by atoms with Crippen LogP contribution in [0.4, 0.5) is 0 Å². The normalized spacial score (nSPS) is 16.5. The number of nitrogens with one attached hydrogen (secondary N) is 2. The molecular formula is C42H42BrN3O6. The predicted molar refractivity (Wildman–Crippen MR) is 206 cm³/mol. The molecule has 0 aromatic heterocycles. The summed E-state index contributed by atoms with van der Waals surface area (Å²) in [7, 11) is 3.26. The number of rotatable bonds is 16. The lowest BCUT2D eigenvalue weighted by molar-refractivity contribution is -0.130. The lowest BCUT2D eigenvalue weighted by Crippen LogP contribution is -2.54. The van der Waals surface area contributed by atoms with Crippen molar-refractivity contribution in [2.24, 2.45) is 4.99 Å². The number of hydrogen-bond acceptors (Lipinski definition) is 8. The molecule has 0 unspecified atom stereocenters. The summed E-state index contributed by atoms with van der Waals surface area (Å²) in [4.78, 5) is 19.9. The summed E-state index contributed by atoms with van der Waals surface area (Å²) >= 11 is 3.71. The van der Waals surface area contributed by atoms with Crippen LogP contribution in [0.1, 0.15) is 34.8 Å². The molecule has 0 radical (unpaired) electrons. The molecule has 268 valence electrons. The number of carbonyl (C=O) groups excluding carboxylic acids is 1. The molecule has 2 atom stereocenters. The van der Waals surface area contributed by atoms with E-state index >= 15 is 0 Å². The number of nitrogens with zero attached hydrogens (tertiary/aromatic N) is 1. The number of hydrazine groups is 1. The molecule has 0 saturated heterocycles. The van der Waals surface area contributed by atoms with Crippen LogP contribution in [0, 0.1) is 0 Å². The first-order valence-corrected chi connectivity index (χ1v) is 18.0.